The van der Waals surface area contributed by atoms with Crippen LogP contribution < -0.4 is 15.8 Å². The highest BCUT2D eigenvalue weighted by molar-refractivity contribution is 5.93. The van der Waals surface area contributed by atoms with E-state index < -0.39 is 18.1 Å². The number of piperidine rings is 1. The van der Waals surface area contributed by atoms with Crippen LogP contribution in [-0.4, -0.2) is 39.6 Å². The second-order valence-corrected chi connectivity index (χ2v) is 6.92. The molecule has 2 N–H and O–H groups in total. The standard InChI is InChI=1S/C19H22N4O4/c1-13-7-14(10-22(9-13)16-3-2-6-20-8-16)19(27)21-15-4-5-17(24)23(11-15)12-18(25)26/h2-6,8,11,13-14H,7,9-10,12H2,1H3,(H,21,27)(H,25,26). The Balaban J connectivity index is 1.72. The maximum atomic E-state index is 12.8. The van der Waals surface area contributed by atoms with Gasteiger partial charge in [-0.1, -0.05) is 6.92 Å². The van der Waals surface area contributed by atoms with Crippen molar-refractivity contribution in [3.8, 4) is 0 Å². The van der Waals surface area contributed by atoms with Crippen molar-refractivity contribution in [2.45, 2.75) is 19.9 Å². The minimum atomic E-state index is -1.12. The number of hydrogen-bond donors (Lipinski definition) is 2. The van der Waals surface area contributed by atoms with Gasteiger partial charge in [-0.15, -0.1) is 0 Å². The highest BCUT2D eigenvalue weighted by Gasteiger charge is 2.30. The SMILES string of the molecule is CC1CC(C(=O)Nc2ccc(=O)n(CC(=O)O)c2)CN(c2cccnc2)C1. The monoisotopic (exact) mass is 370 g/mol. The number of hydrogen-bond acceptors (Lipinski definition) is 5. The van der Waals surface area contributed by atoms with E-state index in [1.54, 1.807) is 12.4 Å². The van der Waals surface area contributed by atoms with Gasteiger partial charge in [-0.2, -0.15) is 0 Å². The van der Waals surface area contributed by atoms with E-state index in [0.717, 1.165) is 23.2 Å². The summed E-state index contributed by atoms with van der Waals surface area (Å²) in [6.07, 6.45) is 5.62. The predicted molar refractivity (Wildman–Crippen MR) is 101 cm³/mol. The van der Waals surface area contributed by atoms with Gasteiger partial charge in [-0.05, 0) is 30.5 Å². The zero-order chi connectivity index (χ0) is 19.4. The second-order valence-electron chi connectivity index (χ2n) is 6.92. The summed E-state index contributed by atoms with van der Waals surface area (Å²) >= 11 is 0. The summed E-state index contributed by atoms with van der Waals surface area (Å²) in [5, 5.41) is 11.7. The van der Waals surface area contributed by atoms with E-state index in [2.05, 4.69) is 22.1 Å². The summed E-state index contributed by atoms with van der Waals surface area (Å²) in [4.78, 5) is 41.6. The van der Waals surface area contributed by atoms with Crippen molar-refractivity contribution in [1.82, 2.24) is 9.55 Å². The molecule has 8 heteroatoms. The molecule has 1 saturated heterocycles. The molecule has 3 rings (SSSR count). The van der Waals surface area contributed by atoms with Crippen molar-refractivity contribution < 1.29 is 14.7 Å². The number of aromatic nitrogens is 2. The lowest BCUT2D eigenvalue weighted by atomic mass is 9.89. The molecule has 0 aromatic carbocycles. The average molecular weight is 370 g/mol. The molecule has 2 aromatic heterocycles. The quantitative estimate of drug-likeness (QED) is 0.825. The predicted octanol–water partition coefficient (Wildman–Crippen LogP) is 1.43. The number of rotatable bonds is 5. The molecule has 0 saturated carbocycles. The number of carbonyl (C=O) groups is 2. The number of nitrogens with zero attached hydrogens (tertiary/aromatic N) is 3. The van der Waals surface area contributed by atoms with Crippen LogP contribution in [0.5, 0.6) is 0 Å². The van der Waals surface area contributed by atoms with Crippen LogP contribution in [0.1, 0.15) is 13.3 Å². The minimum Gasteiger partial charge on any atom is -0.480 e. The number of amides is 1. The number of aliphatic carboxylic acids is 1. The Morgan fingerprint density at radius 1 is 1.30 bits per heavy atom. The highest BCUT2D eigenvalue weighted by Crippen LogP contribution is 2.26. The average Bonchev–Trinajstić information content (AvgIpc) is 2.64. The Hall–Kier alpha value is -3.16. The number of carboxylic acids is 1. The molecule has 1 aliphatic rings. The summed E-state index contributed by atoms with van der Waals surface area (Å²) in [5.74, 6) is -1.13. The zero-order valence-corrected chi connectivity index (χ0v) is 15.0. The number of pyridine rings is 2. The number of anilines is 2. The van der Waals surface area contributed by atoms with Crippen molar-refractivity contribution in [3.63, 3.8) is 0 Å². The van der Waals surface area contributed by atoms with Gasteiger partial charge in [0, 0.05) is 31.5 Å². The fourth-order valence-corrected chi connectivity index (χ4v) is 3.41. The molecule has 1 aliphatic heterocycles. The van der Waals surface area contributed by atoms with Crippen molar-refractivity contribution in [1.29, 1.82) is 0 Å². The molecule has 0 bridgehead atoms. The van der Waals surface area contributed by atoms with E-state index in [9.17, 15) is 14.4 Å². The molecule has 1 fully saturated rings. The Bertz CT molecular complexity index is 881. The maximum absolute atomic E-state index is 12.8. The van der Waals surface area contributed by atoms with Crippen molar-refractivity contribution >= 4 is 23.3 Å². The Labute approximate surface area is 156 Å². The lowest BCUT2D eigenvalue weighted by molar-refractivity contribution is -0.137. The van der Waals surface area contributed by atoms with Gasteiger partial charge in [0.05, 0.1) is 23.5 Å². The van der Waals surface area contributed by atoms with Gasteiger partial charge >= 0.3 is 5.97 Å². The fraction of sp³-hybridized carbons (Fsp3) is 0.368. The van der Waals surface area contributed by atoms with E-state index in [4.69, 9.17) is 5.11 Å². The first-order valence-electron chi connectivity index (χ1n) is 8.80. The lowest BCUT2D eigenvalue weighted by Gasteiger charge is -2.37. The lowest BCUT2D eigenvalue weighted by Crippen LogP contribution is -2.44. The molecule has 1 amide bonds. The van der Waals surface area contributed by atoms with Gasteiger partial charge in [0.15, 0.2) is 0 Å². The first kappa shape index (κ1) is 18.6. The number of nitrogens with one attached hydrogen (secondary N) is 1. The third-order valence-corrected chi connectivity index (χ3v) is 4.60. The molecule has 0 radical (unpaired) electrons. The smallest absolute Gasteiger partial charge is 0.323 e. The van der Waals surface area contributed by atoms with Gasteiger partial charge in [0.1, 0.15) is 6.54 Å². The van der Waals surface area contributed by atoms with Gasteiger partial charge in [0.25, 0.3) is 5.56 Å². The molecular weight excluding hydrogens is 348 g/mol. The molecule has 8 nitrogen and oxygen atoms in total. The third kappa shape index (κ3) is 4.72. The Kier molecular flexibility index (Phi) is 5.54. The van der Waals surface area contributed by atoms with Gasteiger partial charge in [-0.25, -0.2) is 0 Å². The van der Waals surface area contributed by atoms with Gasteiger partial charge in [0.2, 0.25) is 5.91 Å². The highest BCUT2D eigenvalue weighted by atomic mass is 16.4. The molecule has 0 spiro atoms. The minimum absolute atomic E-state index is 0.143. The Morgan fingerprint density at radius 2 is 2.11 bits per heavy atom. The van der Waals surface area contributed by atoms with Gasteiger partial charge in [-0.3, -0.25) is 19.4 Å². The summed E-state index contributed by atoms with van der Waals surface area (Å²) in [6, 6.07) is 6.59. The summed E-state index contributed by atoms with van der Waals surface area (Å²) in [7, 11) is 0. The fourth-order valence-electron chi connectivity index (χ4n) is 3.41. The van der Waals surface area contributed by atoms with Crippen molar-refractivity contribution in [3.05, 3.63) is 53.2 Å². The molecule has 0 aliphatic carbocycles. The molecule has 2 aromatic rings. The van der Waals surface area contributed by atoms with E-state index in [1.165, 1.54) is 18.3 Å². The molecular formula is C19H22N4O4. The van der Waals surface area contributed by atoms with Crippen LogP contribution >= 0.6 is 0 Å². The van der Waals surface area contributed by atoms with E-state index >= 15 is 0 Å². The molecule has 27 heavy (non-hydrogen) atoms. The van der Waals surface area contributed by atoms with Crippen LogP contribution in [-0.2, 0) is 16.1 Å². The van der Waals surface area contributed by atoms with Crippen LogP contribution in [0, 0.1) is 11.8 Å². The summed E-state index contributed by atoms with van der Waals surface area (Å²) in [5.41, 5.74) is 0.966. The number of carbonyl (C=O) groups excluding carboxylic acids is 1. The first-order valence-corrected chi connectivity index (χ1v) is 8.80. The molecule has 142 valence electrons. The number of carboxylic acid groups (broad SMARTS) is 1. The zero-order valence-electron chi connectivity index (χ0n) is 15.0. The third-order valence-electron chi connectivity index (χ3n) is 4.60. The summed E-state index contributed by atoms with van der Waals surface area (Å²) < 4.78 is 1.06. The van der Waals surface area contributed by atoms with Crippen LogP contribution in [0.25, 0.3) is 0 Å². The van der Waals surface area contributed by atoms with Crippen molar-refractivity contribution in [2.75, 3.05) is 23.3 Å². The largest absolute Gasteiger partial charge is 0.480 e. The van der Waals surface area contributed by atoms with Crippen LogP contribution in [0.4, 0.5) is 11.4 Å². The van der Waals surface area contributed by atoms with Crippen LogP contribution in [0.2, 0.25) is 0 Å². The van der Waals surface area contributed by atoms with E-state index in [1.807, 2.05) is 12.1 Å². The molecule has 2 unspecified atom stereocenters. The maximum Gasteiger partial charge on any atom is 0.323 e. The first-order chi connectivity index (χ1) is 12.9. The summed E-state index contributed by atoms with van der Waals surface area (Å²) in [6.45, 7) is 3.10. The Morgan fingerprint density at radius 3 is 2.81 bits per heavy atom. The topological polar surface area (TPSA) is 105 Å². The van der Waals surface area contributed by atoms with Crippen molar-refractivity contribution in [2.24, 2.45) is 11.8 Å². The van der Waals surface area contributed by atoms with Crippen LogP contribution in [0.15, 0.2) is 47.7 Å². The molecule has 3 heterocycles. The normalized spacial score (nSPS) is 19.5. The molecule has 2 atom stereocenters. The van der Waals surface area contributed by atoms with Crippen LogP contribution in [0.3, 0.4) is 0 Å². The van der Waals surface area contributed by atoms with E-state index in [0.29, 0.717) is 18.2 Å². The van der Waals surface area contributed by atoms with Gasteiger partial charge < -0.3 is 19.9 Å². The second kappa shape index (κ2) is 8.03. The van der Waals surface area contributed by atoms with E-state index in [-0.39, 0.29) is 11.8 Å².